The monoisotopic (exact) mass is 389 g/mol. The predicted molar refractivity (Wildman–Crippen MR) is 113 cm³/mol. The minimum absolute atomic E-state index is 0.0793. The first-order valence-electron chi connectivity index (χ1n) is 10.6. The zero-order valence-corrected chi connectivity index (χ0v) is 16.8. The number of piperidine rings is 1. The van der Waals surface area contributed by atoms with E-state index in [-0.39, 0.29) is 12.1 Å². The van der Waals surface area contributed by atoms with E-state index in [0.717, 1.165) is 50.9 Å². The number of nitrogens with zero attached hydrogens (tertiary/aromatic N) is 3. The Morgan fingerprint density at radius 3 is 2.86 bits per heavy atom. The number of carbonyl (C=O) groups is 1. The van der Waals surface area contributed by atoms with Crippen LogP contribution in [0.5, 0.6) is 0 Å². The van der Waals surface area contributed by atoms with Gasteiger partial charge in [0.1, 0.15) is 6.33 Å². The molecule has 0 saturated carbocycles. The molecule has 1 aliphatic carbocycles. The molecule has 6 heteroatoms. The van der Waals surface area contributed by atoms with Gasteiger partial charge in [0, 0.05) is 53.5 Å². The van der Waals surface area contributed by atoms with Crippen molar-refractivity contribution in [2.45, 2.75) is 51.0 Å². The summed E-state index contributed by atoms with van der Waals surface area (Å²) >= 11 is 0. The number of urea groups is 1. The number of nitrogens with one attached hydrogen (secondary N) is 2. The Hall–Kier alpha value is -2.89. The maximum absolute atomic E-state index is 12.9. The average Bonchev–Trinajstić information content (AvgIpc) is 3.12. The fourth-order valence-electron chi connectivity index (χ4n) is 4.84. The zero-order chi connectivity index (χ0) is 19.8. The molecule has 0 unspecified atom stereocenters. The number of hydrogen-bond acceptors (Lipinski definition) is 3. The van der Waals surface area contributed by atoms with Crippen molar-refractivity contribution < 1.29 is 4.79 Å². The van der Waals surface area contributed by atoms with Crippen LogP contribution in [-0.4, -0.2) is 45.0 Å². The molecule has 3 aromatic rings. The Balaban J connectivity index is 1.21. The highest BCUT2D eigenvalue weighted by Crippen LogP contribution is 2.30. The second-order valence-electron chi connectivity index (χ2n) is 8.42. The van der Waals surface area contributed by atoms with Crippen LogP contribution in [0.3, 0.4) is 0 Å². The van der Waals surface area contributed by atoms with Crippen LogP contribution in [-0.2, 0) is 12.8 Å². The van der Waals surface area contributed by atoms with Crippen molar-refractivity contribution in [2.75, 3.05) is 13.1 Å². The molecule has 1 aromatic carbocycles. The van der Waals surface area contributed by atoms with Gasteiger partial charge in [0.05, 0.1) is 0 Å². The van der Waals surface area contributed by atoms with Gasteiger partial charge in [0.15, 0.2) is 0 Å². The maximum atomic E-state index is 12.9. The van der Waals surface area contributed by atoms with Crippen LogP contribution in [0.4, 0.5) is 4.79 Å². The lowest BCUT2D eigenvalue weighted by molar-refractivity contribution is 0.176. The van der Waals surface area contributed by atoms with E-state index in [4.69, 9.17) is 0 Å². The summed E-state index contributed by atoms with van der Waals surface area (Å²) in [7, 11) is 0. The van der Waals surface area contributed by atoms with E-state index in [2.05, 4.69) is 45.4 Å². The number of H-pyrrole nitrogens is 1. The first-order chi connectivity index (χ1) is 14.2. The van der Waals surface area contributed by atoms with Crippen molar-refractivity contribution >= 4 is 16.9 Å². The SMILES string of the molecule is Cc1ccc2[nH]c3c(c2c1)C[C@@H](NC(=O)N1CCC(c2ccncn2)CC1)CC3. The Bertz CT molecular complexity index is 1020. The van der Waals surface area contributed by atoms with Gasteiger partial charge in [-0.1, -0.05) is 11.6 Å². The van der Waals surface area contributed by atoms with Gasteiger partial charge in [-0.25, -0.2) is 14.8 Å². The van der Waals surface area contributed by atoms with Crippen LogP contribution in [0.25, 0.3) is 10.9 Å². The maximum Gasteiger partial charge on any atom is 0.317 e. The highest BCUT2D eigenvalue weighted by atomic mass is 16.2. The summed E-state index contributed by atoms with van der Waals surface area (Å²) in [6.07, 6.45) is 8.21. The standard InChI is InChI=1S/C23H27N5O/c1-15-2-4-21-18(12-15)19-13-17(3-5-22(19)27-21)26-23(29)28-10-7-16(8-11-28)20-6-9-24-14-25-20/h2,4,6,9,12,14,16-17,27H,3,5,7-8,10-11,13H2,1H3,(H,26,29)/t17-/m0/s1. The van der Waals surface area contributed by atoms with E-state index >= 15 is 0 Å². The van der Waals surface area contributed by atoms with Crippen LogP contribution >= 0.6 is 0 Å². The Labute approximate surface area is 170 Å². The molecule has 0 bridgehead atoms. The van der Waals surface area contributed by atoms with E-state index in [1.165, 1.54) is 27.7 Å². The van der Waals surface area contributed by atoms with Gasteiger partial charge < -0.3 is 15.2 Å². The van der Waals surface area contributed by atoms with Crippen molar-refractivity contribution in [1.29, 1.82) is 0 Å². The van der Waals surface area contributed by atoms with E-state index in [1.807, 2.05) is 11.0 Å². The van der Waals surface area contributed by atoms with Gasteiger partial charge in [0.25, 0.3) is 0 Å². The summed E-state index contributed by atoms with van der Waals surface area (Å²) in [6, 6.07) is 8.84. The lowest BCUT2D eigenvalue weighted by Gasteiger charge is -2.33. The molecule has 29 heavy (non-hydrogen) atoms. The number of rotatable bonds is 2. The first kappa shape index (κ1) is 18.2. The van der Waals surface area contributed by atoms with Gasteiger partial charge in [-0.15, -0.1) is 0 Å². The Morgan fingerprint density at radius 1 is 1.21 bits per heavy atom. The molecule has 2 aliphatic rings. The molecule has 6 nitrogen and oxygen atoms in total. The number of aromatic nitrogens is 3. The number of amides is 2. The van der Waals surface area contributed by atoms with Gasteiger partial charge in [-0.2, -0.15) is 0 Å². The van der Waals surface area contributed by atoms with Gasteiger partial charge in [-0.3, -0.25) is 0 Å². The number of likely N-dealkylation sites (tertiary alicyclic amines) is 1. The van der Waals surface area contributed by atoms with Crippen LogP contribution in [0, 0.1) is 6.92 Å². The number of carbonyl (C=O) groups excluding carboxylic acids is 1. The average molecular weight is 390 g/mol. The fourth-order valence-corrected chi connectivity index (χ4v) is 4.84. The number of fused-ring (bicyclic) bond motifs is 3. The smallest absolute Gasteiger partial charge is 0.317 e. The highest BCUT2D eigenvalue weighted by molar-refractivity contribution is 5.86. The lowest BCUT2D eigenvalue weighted by Crippen LogP contribution is -2.49. The van der Waals surface area contributed by atoms with Crippen LogP contribution in [0.2, 0.25) is 0 Å². The summed E-state index contributed by atoms with van der Waals surface area (Å²) in [6.45, 7) is 3.70. The minimum Gasteiger partial charge on any atom is -0.358 e. The Kier molecular flexibility index (Phi) is 4.70. The molecule has 0 radical (unpaired) electrons. The van der Waals surface area contributed by atoms with Crippen LogP contribution in [0.1, 0.15) is 47.7 Å². The second kappa shape index (κ2) is 7.50. The number of aryl methyl sites for hydroxylation is 2. The molecule has 1 saturated heterocycles. The van der Waals surface area contributed by atoms with E-state index in [0.29, 0.717) is 5.92 Å². The molecular formula is C23H27N5O. The molecule has 2 amide bonds. The minimum atomic E-state index is 0.0793. The van der Waals surface area contributed by atoms with Crippen molar-refractivity contribution in [2.24, 2.45) is 0 Å². The largest absolute Gasteiger partial charge is 0.358 e. The predicted octanol–water partition coefficient (Wildman–Crippen LogP) is 3.71. The van der Waals surface area contributed by atoms with E-state index in [1.54, 1.807) is 12.5 Å². The number of benzene rings is 1. The quantitative estimate of drug-likeness (QED) is 0.702. The van der Waals surface area contributed by atoms with Gasteiger partial charge in [0.2, 0.25) is 0 Å². The number of aromatic amines is 1. The molecule has 2 N–H and O–H groups in total. The second-order valence-corrected chi connectivity index (χ2v) is 8.42. The lowest BCUT2D eigenvalue weighted by atomic mass is 9.91. The molecule has 5 rings (SSSR count). The zero-order valence-electron chi connectivity index (χ0n) is 16.8. The van der Waals surface area contributed by atoms with Crippen molar-refractivity contribution in [1.82, 2.24) is 25.2 Å². The van der Waals surface area contributed by atoms with Gasteiger partial charge in [-0.05, 0) is 62.8 Å². The summed E-state index contributed by atoms with van der Waals surface area (Å²) in [5.74, 6) is 0.425. The third kappa shape index (κ3) is 3.59. The Morgan fingerprint density at radius 2 is 2.07 bits per heavy atom. The van der Waals surface area contributed by atoms with Crippen molar-refractivity contribution in [3.05, 3.63) is 59.3 Å². The van der Waals surface area contributed by atoms with E-state index < -0.39 is 0 Å². The molecule has 0 spiro atoms. The molecule has 1 fully saturated rings. The number of hydrogen-bond donors (Lipinski definition) is 2. The van der Waals surface area contributed by atoms with Crippen LogP contribution in [0.15, 0.2) is 36.8 Å². The third-order valence-corrected chi connectivity index (χ3v) is 6.48. The summed E-state index contributed by atoms with van der Waals surface area (Å²) in [4.78, 5) is 26.8. The molecule has 150 valence electrons. The van der Waals surface area contributed by atoms with Crippen LogP contribution < -0.4 is 5.32 Å². The van der Waals surface area contributed by atoms with Crippen molar-refractivity contribution in [3.8, 4) is 0 Å². The highest BCUT2D eigenvalue weighted by Gasteiger charge is 2.28. The molecule has 2 aromatic heterocycles. The van der Waals surface area contributed by atoms with Gasteiger partial charge >= 0.3 is 6.03 Å². The summed E-state index contributed by atoms with van der Waals surface area (Å²) in [5.41, 5.74) is 6.29. The first-order valence-corrected chi connectivity index (χ1v) is 10.6. The van der Waals surface area contributed by atoms with Crippen molar-refractivity contribution in [3.63, 3.8) is 0 Å². The topological polar surface area (TPSA) is 73.9 Å². The molecular weight excluding hydrogens is 362 g/mol. The molecule has 1 atom stereocenters. The van der Waals surface area contributed by atoms with E-state index in [9.17, 15) is 4.79 Å². The summed E-state index contributed by atoms with van der Waals surface area (Å²) in [5, 5.41) is 4.61. The summed E-state index contributed by atoms with van der Waals surface area (Å²) < 4.78 is 0. The third-order valence-electron chi connectivity index (χ3n) is 6.48. The molecule has 3 heterocycles. The molecule has 1 aliphatic heterocycles. The normalized spacial score (nSPS) is 19.9. The fraction of sp³-hybridized carbons (Fsp3) is 0.435.